The topological polar surface area (TPSA) is 72.5 Å². The summed E-state index contributed by atoms with van der Waals surface area (Å²) < 4.78 is 112. The molecule has 37 heavy (non-hydrogen) atoms. The predicted octanol–water partition coefficient (Wildman–Crippen LogP) is 6.58. The number of anilines is 1. The molecular formula is C25H29F6NO4S. The molecule has 0 saturated heterocycles. The Kier molecular flexibility index (Phi) is 8.83. The molecule has 3 rings (SSSR count). The van der Waals surface area contributed by atoms with Crippen molar-refractivity contribution in [3.8, 4) is 0 Å². The van der Waals surface area contributed by atoms with Gasteiger partial charge in [0.1, 0.15) is 0 Å². The highest BCUT2D eigenvalue weighted by atomic mass is 32.2. The van der Waals surface area contributed by atoms with E-state index in [1.165, 1.54) is 6.08 Å². The second-order valence-corrected chi connectivity index (χ2v) is 11.5. The molecule has 0 aromatic heterocycles. The molecule has 0 radical (unpaired) electrons. The van der Waals surface area contributed by atoms with Crippen molar-refractivity contribution in [1.29, 1.82) is 0 Å². The van der Waals surface area contributed by atoms with Crippen LogP contribution in [-0.2, 0) is 25.0 Å². The first kappa shape index (κ1) is 29.2. The summed E-state index contributed by atoms with van der Waals surface area (Å²) in [6.07, 6.45) is -5.75. The third kappa shape index (κ3) is 6.95. The van der Waals surface area contributed by atoms with Gasteiger partial charge in [-0.05, 0) is 56.2 Å². The number of benzene rings is 1. The van der Waals surface area contributed by atoms with E-state index in [0.29, 0.717) is 35.5 Å². The maximum Gasteiger partial charge on any atom is 0.430 e. The average molecular weight is 554 g/mol. The van der Waals surface area contributed by atoms with Crippen LogP contribution >= 0.6 is 0 Å². The number of rotatable bonds is 11. The van der Waals surface area contributed by atoms with E-state index in [1.54, 1.807) is 13.0 Å². The fraction of sp³-hybridized carbons (Fsp3) is 0.560. The van der Waals surface area contributed by atoms with Crippen molar-refractivity contribution in [1.82, 2.24) is 0 Å². The Morgan fingerprint density at radius 3 is 2.11 bits per heavy atom. The van der Waals surface area contributed by atoms with E-state index in [4.69, 9.17) is 0 Å². The van der Waals surface area contributed by atoms with Gasteiger partial charge in [0, 0.05) is 29.2 Å². The first-order chi connectivity index (χ1) is 17.2. The molecule has 1 N–H and O–H groups in total. The molecule has 0 atom stereocenters. The van der Waals surface area contributed by atoms with E-state index in [-0.39, 0.29) is 36.6 Å². The van der Waals surface area contributed by atoms with Crippen molar-refractivity contribution in [2.45, 2.75) is 69.8 Å². The fourth-order valence-corrected chi connectivity index (χ4v) is 5.93. The third-order valence-corrected chi connectivity index (χ3v) is 8.38. The molecule has 206 valence electrons. The lowest BCUT2D eigenvalue weighted by Gasteiger charge is -2.37. The summed E-state index contributed by atoms with van der Waals surface area (Å²) in [5.41, 5.74) is -4.95. The number of alkyl halides is 6. The summed E-state index contributed by atoms with van der Waals surface area (Å²) in [5.74, 6) is -0.186. The number of sulfone groups is 1. The van der Waals surface area contributed by atoms with Gasteiger partial charge in [-0.15, -0.1) is 0 Å². The molecule has 1 saturated carbocycles. The number of amides is 1. The minimum absolute atomic E-state index is 0.0141. The van der Waals surface area contributed by atoms with Crippen molar-refractivity contribution >= 4 is 21.4 Å². The summed E-state index contributed by atoms with van der Waals surface area (Å²) in [6, 6.07) is 3.20. The Hall–Kier alpha value is -2.34. The van der Waals surface area contributed by atoms with E-state index >= 15 is 0 Å². The van der Waals surface area contributed by atoms with Crippen molar-refractivity contribution < 1.29 is 44.3 Å². The smallest absolute Gasteiger partial charge is 0.354 e. The third-order valence-electron chi connectivity index (χ3n) is 6.33. The van der Waals surface area contributed by atoms with Gasteiger partial charge >= 0.3 is 12.4 Å². The number of nitrogens with one attached hydrogen (secondary N) is 1. The normalized spacial score (nSPS) is 17.3. The number of ether oxygens (including phenoxy) is 1. The molecule has 0 unspecified atom stereocenters. The summed E-state index contributed by atoms with van der Waals surface area (Å²) in [4.78, 5) is 12.7. The zero-order chi connectivity index (χ0) is 27.5. The molecule has 1 amide bonds. The number of carbonyl (C=O) groups is 1. The lowest BCUT2D eigenvalue weighted by atomic mass is 9.91. The second-order valence-electron chi connectivity index (χ2n) is 9.36. The fourth-order valence-electron chi connectivity index (χ4n) is 4.07. The molecular weight excluding hydrogens is 524 g/mol. The molecule has 1 aromatic rings. The van der Waals surface area contributed by atoms with Crippen LogP contribution in [-0.4, -0.2) is 39.0 Å². The Balaban J connectivity index is 1.70. The van der Waals surface area contributed by atoms with Gasteiger partial charge in [-0.1, -0.05) is 37.1 Å². The molecule has 0 aliphatic heterocycles. The van der Waals surface area contributed by atoms with Crippen LogP contribution in [0.2, 0.25) is 0 Å². The highest BCUT2D eigenvalue weighted by Gasteiger charge is 2.73. The molecule has 0 heterocycles. The van der Waals surface area contributed by atoms with Gasteiger partial charge < -0.3 is 10.1 Å². The summed E-state index contributed by atoms with van der Waals surface area (Å²) in [7, 11) is -3.32. The molecule has 1 aromatic carbocycles. The zero-order valence-corrected chi connectivity index (χ0v) is 21.0. The average Bonchev–Trinajstić information content (AvgIpc) is 3.59. The van der Waals surface area contributed by atoms with Gasteiger partial charge in [-0.3, -0.25) is 4.79 Å². The van der Waals surface area contributed by atoms with E-state index in [1.807, 2.05) is 0 Å². The SMILES string of the molecule is CCCCOC(c1ccc(NC(=O)CC2=CC=C(S(=O)(=O)CC3CC3)CC2)cc1)(C(F)(F)F)C(F)(F)F. The standard InChI is InChI=1S/C25H29F6NO4S/c1-2-3-14-36-23(24(26,27)28,25(29,30)31)19-8-10-20(11-9-19)32-22(33)15-17-6-12-21(13-7-17)37(34,35)16-18-4-5-18/h6,8-12,18H,2-5,7,13-16H2,1H3,(H,32,33). The minimum Gasteiger partial charge on any atom is -0.354 e. The monoisotopic (exact) mass is 553 g/mol. The quantitative estimate of drug-likeness (QED) is 0.248. The van der Waals surface area contributed by atoms with Crippen LogP contribution < -0.4 is 5.32 Å². The van der Waals surface area contributed by atoms with Crippen LogP contribution in [0.1, 0.15) is 57.4 Å². The van der Waals surface area contributed by atoms with Gasteiger partial charge in [0.15, 0.2) is 9.84 Å². The lowest BCUT2D eigenvalue weighted by Crippen LogP contribution is -2.56. The van der Waals surface area contributed by atoms with Crippen LogP contribution in [0.3, 0.4) is 0 Å². The van der Waals surface area contributed by atoms with Gasteiger partial charge in [-0.25, -0.2) is 8.42 Å². The maximum atomic E-state index is 13.8. The van der Waals surface area contributed by atoms with Crippen molar-refractivity contribution in [2.75, 3.05) is 17.7 Å². The highest BCUT2D eigenvalue weighted by Crippen LogP contribution is 2.53. The Morgan fingerprint density at radius 1 is 1.00 bits per heavy atom. The number of carbonyl (C=O) groups excluding carboxylic acids is 1. The Labute approximate surface area is 211 Å². The highest BCUT2D eigenvalue weighted by molar-refractivity contribution is 7.95. The van der Waals surface area contributed by atoms with Gasteiger partial charge in [-0.2, -0.15) is 26.3 Å². The predicted molar refractivity (Wildman–Crippen MR) is 126 cm³/mol. The molecule has 5 nitrogen and oxygen atoms in total. The van der Waals surface area contributed by atoms with Crippen LogP contribution in [0, 0.1) is 5.92 Å². The maximum absolute atomic E-state index is 13.8. The van der Waals surface area contributed by atoms with Crippen LogP contribution in [0.5, 0.6) is 0 Å². The number of halogens is 6. The van der Waals surface area contributed by atoms with E-state index in [2.05, 4.69) is 10.1 Å². The summed E-state index contributed by atoms with van der Waals surface area (Å²) >= 11 is 0. The van der Waals surface area contributed by atoms with Crippen LogP contribution in [0.25, 0.3) is 0 Å². The molecule has 0 bridgehead atoms. The summed E-state index contributed by atoms with van der Waals surface area (Å²) in [5, 5.41) is 2.45. The lowest BCUT2D eigenvalue weighted by molar-refractivity contribution is -0.389. The van der Waals surface area contributed by atoms with Gasteiger partial charge in [0.2, 0.25) is 5.91 Å². The first-order valence-corrected chi connectivity index (χ1v) is 13.6. The van der Waals surface area contributed by atoms with Crippen molar-refractivity contribution in [3.05, 3.63) is 52.5 Å². The first-order valence-electron chi connectivity index (χ1n) is 12.0. The Bertz CT molecular complexity index is 1120. The zero-order valence-electron chi connectivity index (χ0n) is 20.2. The minimum atomic E-state index is -5.77. The second kappa shape index (κ2) is 11.2. The number of allylic oxidation sites excluding steroid dienone is 3. The van der Waals surface area contributed by atoms with Gasteiger partial charge in [0.05, 0.1) is 5.75 Å². The largest absolute Gasteiger partial charge is 0.430 e. The molecule has 0 spiro atoms. The number of unbranched alkanes of at least 4 members (excludes halogenated alkanes) is 1. The van der Waals surface area contributed by atoms with Crippen LogP contribution in [0.4, 0.5) is 32.0 Å². The number of hydrogen-bond acceptors (Lipinski definition) is 4. The van der Waals surface area contributed by atoms with Crippen LogP contribution in [0.15, 0.2) is 46.9 Å². The van der Waals surface area contributed by atoms with Gasteiger partial charge in [0.25, 0.3) is 5.60 Å². The van der Waals surface area contributed by atoms with Crippen molar-refractivity contribution in [3.63, 3.8) is 0 Å². The number of hydrogen-bond donors (Lipinski definition) is 1. The molecule has 12 heteroatoms. The molecule has 2 aliphatic rings. The Morgan fingerprint density at radius 2 is 1.62 bits per heavy atom. The van der Waals surface area contributed by atoms with E-state index < -0.39 is 45.9 Å². The van der Waals surface area contributed by atoms with E-state index in [0.717, 1.165) is 25.0 Å². The van der Waals surface area contributed by atoms with E-state index in [9.17, 15) is 39.6 Å². The van der Waals surface area contributed by atoms with Crippen molar-refractivity contribution in [2.24, 2.45) is 5.92 Å². The molecule has 2 aliphatic carbocycles. The summed E-state index contributed by atoms with van der Waals surface area (Å²) in [6.45, 7) is 0.875. The molecule has 1 fully saturated rings.